The van der Waals surface area contributed by atoms with Crippen molar-refractivity contribution in [1.29, 1.82) is 0 Å². The number of pyridine rings is 4. The maximum atomic E-state index is 13.3. The molecule has 0 aliphatic carbocycles. The summed E-state index contributed by atoms with van der Waals surface area (Å²) in [6.45, 7) is 25.0. The smallest absolute Gasteiger partial charge is 0.150 e. The molecule has 20 nitrogen and oxygen atoms in total. The van der Waals surface area contributed by atoms with Gasteiger partial charge in [-0.1, -0.05) is 94.8 Å². The quantitative estimate of drug-likeness (QED) is 0.00828. The molecule has 0 bridgehead atoms. The van der Waals surface area contributed by atoms with Crippen LogP contribution in [0.3, 0.4) is 0 Å². The van der Waals surface area contributed by atoms with Crippen molar-refractivity contribution in [3.63, 3.8) is 0 Å². The number of aromatic hydroxyl groups is 1. The van der Waals surface area contributed by atoms with Crippen LogP contribution in [0, 0.1) is 86.7 Å². The van der Waals surface area contributed by atoms with E-state index in [4.69, 9.17) is 50.7 Å². The monoisotopic (exact) mass is 1740 g/mol. The topological polar surface area (TPSA) is 280 Å². The summed E-state index contributed by atoms with van der Waals surface area (Å²) in [5.74, 6) is 9.00. The minimum Gasteiger partial charge on any atom is -0.508 e. The van der Waals surface area contributed by atoms with Crippen LogP contribution in [-0.4, -0.2) is 76.3 Å². The molecule has 14 rings (SSSR count). The minimum atomic E-state index is -0.314. The second-order valence-electron chi connectivity index (χ2n) is 28.5. The van der Waals surface area contributed by atoms with Crippen molar-refractivity contribution in [3.05, 3.63) is 385 Å². The van der Waals surface area contributed by atoms with E-state index in [-0.39, 0.29) is 42.3 Å². The molecule has 7 aromatic carbocycles. The van der Waals surface area contributed by atoms with Crippen molar-refractivity contribution in [2.45, 2.75) is 120 Å². The van der Waals surface area contributed by atoms with Crippen LogP contribution in [0.25, 0.3) is 17.5 Å². The van der Waals surface area contributed by atoms with E-state index in [0.717, 1.165) is 164 Å². The highest BCUT2D eigenvalue weighted by Gasteiger charge is 2.13. The highest BCUT2D eigenvalue weighted by molar-refractivity contribution is 9.08. The third kappa shape index (κ3) is 32.2. The van der Waals surface area contributed by atoms with E-state index in [2.05, 4.69) is 191 Å². The number of anilines is 1. The normalized spacial score (nSPS) is 10.3. The molecule has 0 atom stereocenters. The number of aldehydes is 2. The molecule has 0 aliphatic rings. The average molecular weight is 1740 g/mol. The molecule has 122 heavy (non-hydrogen) atoms. The van der Waals surface area contributed by atoms with Gasteiger partial charge in [0.25, 0.3) is 0 Å². The van der Waals surface area contributed by atoms with Crippen LogP contribution in [0.15, 0.2) is 255 Å². The fourth-order valence-electron chi connectivity index (χ4n) is 12.9. The first-order valence-corrected chi connectivity index (χ1v) is 40.3. The number of nitrogens with zero attached hydrogens (tertiary/aromatic N) is 7. The molecule has 0 unspecified atom stereocenters. The molecule has 25 heteroatoms. The van der Waals surface area contributed by atoms with Crippen LogP contribution in [0.1, 0.15) is 122 Å². The number of phenols is 1. The Labute approximate surface area is 727 Å². The van der Waals surface area contributed by atoms with Gasteiger partial charge in [0.15, 0.2) is 0 Å². The van der Waals surface area contributed by atoms with Crippen molar-refractivity contribution in [3.8, 4) is 46.2 Å². The lowest BCUT2D eigenvalue weighted by Gasteiger charge is -2.13. The first-order chi connectivity index (χ1) is 58.4. The Balaban J connectivity index is 0.000000210. The zero-order valence-electron chi connectivity index (χ0n) is 70.3. The lowest BCUT2D eigenvalue weighted by molar-refractivity contribution is 0.111. The number of phenolic OH excluding ortho intramolecular Hbond substituents is 1. The number of carbonyl (C=O) groups excluding carboxylic acids is 2. The number of nitrogens with one attached hydrogen (secondary N) is 2. The van der Waals surface area contributed by atoms with Gasteiger partial charge in [0.2, 0.25) is 0 Å². The van der Waals surface area contributed by atoms with E-state index < -0.39 is 0 Å². The number of halogens is 5. The summed E-state index contributed by atoms with van der Waals surface area (Å²) in [7, 11) is 0. The zero-order chi connectivity index (χ0) is 87.2. The Hall–Kier alpha value is -12.5. The molecule has 0 saturated heterocycles. The number of alkyl halides is 1. The van der Waals surface area contributed by atoms with Crippen LogP contribution >= 0.6 is 28.3 Å². The van der Waals surface area contributed by atoms with E-state index in [9.17, 15) is 22.8 Å². The number of carbonyl (C=O) groups is 2. The fraction of sp³-hybridized carbons (Fsp3) is 0.216. The second kappa shape index (κ2) is 50.5. The van der Waals surface area contributed by atoms with Gasteiger partial charge in [0.1, 0.15) is 109 Å². The second-order valence-corrected chi connectivity index (χ2v) is 29.0. The predicted molar refractivity (Wildman–Crippen MR) is 483 cm³/mol. The number of hydrogen-bond donors (Lipinski definition) is 7. The van der Waals surface area contributed by atoms with Gasteiger partial charge >= 0.3 is 0 Å². The first kappa shape index (κ1) is 96.6. The summed E-state index contributed by atoms with van der Waals surface area (Å²) in [6.07, 6.45) is 3.08. The molecular formula is C97H107BrClF3N12O8. The highest BCUT2D eigenvalue weighted by Crippen LogP contribution is 2.25. The fourth-order valence-corrected chi connectivity index (χ4v) is 13.1. The average Bonchev–Trinajstić information content (AvgIpc) is 1.68. The maximum Gasteiger partial charge on any atom is 0.150 e. The van der Waals surface area contributed by atoms with Gasteiger partial charge in [-0.25, -0.2) is 39.0 Å². The van der Waals surface area contributed by atoms with Crippen LogP contribution in [0.4, 0.5) is 19.0 Å². The SMILES string of the molecule is Cc1cc(CBr)nc(-n2c(C)ccc2C)c1.Cc1cc(COc2cccc(C=O)c2)nc(-n2c(C)ccc2C)c1.Cc1cc(COc2cccc(CNCCc3cccc(F)c3)c2)nc(-n2c(C)ccc2C)c1.Cc1cc(N)nc(COc2cccc(CNCCc3cccc(F)c3)c2)c1.Cl.NCOc1cccc(F)c1.NO.O=Cc1cccc(O)c1. The van der Waals surface area contributed by atoms with Crippen molar-refractivity contribution in [2.24, 2.45) is 11.6 Å². The van der Waals surface area contributed by atoms with E-state index >= 15 is 0 Å². The van der Waals surface area contributed by atoms with Gasteiger partial charge in [-0.05, 0) is 310 Å². The van der Waals surface area contributed by atoms with Crippen molar-refractivity contribution < 1.29 is 52.0 Å². The van der Waals surface area contributed by atoms with Gasteiger partial charge in [-0.15, -0.1) is 12.4 Å². The van der Waals surface area contributed by atoms with Gasteiger partial charge in [-0.2, -0.15) is 0 Å². The van der Waals surface area contributed by atoms with Crippen LogP contribution in [0.5, 0.6) is 28.7 Å². The number of rotatable bonds is 27. The summed E-state index contributed by atoms with van der Waals surface area (Å²) in [4.78, 5) is 39.4. The lowest BCUT2D eigenvalue weighted by atomic mass is 10.1. The number of nitrogen functional groups attached to an aromatic ring is 1. The Morgan fingerprint density at radius 2 is 0.713 bits per heavy atom. The summed E-state index contributed by atoms with van der Waals surface area (Å²) in [5, 5.41) is 22.9. The Bertz CT molecular complexity index is 5550. The molecule has 10 N–H and O–H groups in total. The Morgan fingerprint density at radius 3 is 1.08 bits per heavy atom. The third-order valence-corrected chi connectivity index (χ3v) is 18.9. The molecule has 7 heterocycles. The van der Waals surface area contributed by atoms with Crippen molar-refractivity contribution in [2.75, 3.05) is 25.6 Å². The number of nitrogens with two attached hydrogens (primary N) is 3. The van der Waals surface area contributed by atoms with Crippen molar-refractivity contribution in [1.82, 2.24) is 44.3 Å². The lowest BCUT2D eigenvalue weighted by Crippen LogP contribution is -2.16. The molecule has 14 aromatic rings. The summed E-state index contributed by atoms with van der Waals surface area (Å²) in [5.41, 5.74) is 31.5. The molecule has 0 amide bonds. The van der Waals surface area contributed by atoms with Crippen LogP contribution in [-0.2, 0) is 51.1 Å². The predicted octanol–water partition coefficient (Wildman–Crippen LogP) is 19.8. The number of ether oxygens (including phenoxy) is 4. The largest absolute Gasteiger partial charge is 0.508 e. The van der Waals surface area contributed by atoms with E-state index in [1.807, 2.05) is 85.8 Å². The number of hydrogen-bond acceptors (Lipinski definition) is 17. The molecule has 7 aromatic heterocycles. The van der Waals surface area contributed by atoms with E-state index in [1.165, 1.54) is 53.3 Å². The minimum absolute atomic E-state index is 0. The van der Waals surface area contributed by atoms with Gasteiger partial charge in [0.05, 0.1) is 22.8 Å². The van der Waals surface area contributed by atoms with Gasteiger partial charge < -0.3 is 59.3 Å². The summed E-state index contributed by atoms with van der Waals surface area (Å²) >= 11 is 3.45. The molecule has 638 valence electrons. The maximum absolute atomic E-state index is 13.3. The molecule has 0 saturated carbocycles. The molecule has 0 aliphatic heterocycles. The number of aromatic nitrogens is 7. The van der Waals surface area contributed by atoms with Gasteiger partial charge in [0, 0.05) is 69.8 Å². The van der Waals surface area contributed by atoms with Gasteiger partial charge in [-0.3, -0.25) is 15.3 Å². The number of benzene rings is 7. The standard InChI is InChI=1S/C28H30FN3O.C22H24FN3O.C20H20N2O2.C13H15BrN2.C7H8FNO.C7H6O2.ClH.H3NO/c1-20-14-26(31-28(15-20)32-21(2)10-11-22(32)3)19-33-27-9-5-7-24(17-27)18-30-13-12-23-6-4-8-25(29)16-23;1-16-10-20(26-22(24)11-16)15-27-21-7-3-5-18(13-21)14-25-9-8-17-4-2-6-19(23)12-17;1-14-9-18(13-24-19-6-4-5-17(11-19)12-23)21-20(10-14)22-15(2)7-8-16(22)3;1-9-6-12(8-14)15-13(7-9)16-10(2)4-5-11(16)3;8-6-2-1-3-7(4-6)10-5-9;8-5-6-2-1-3-7(9)4-6;;1-2/h4-11,14-17,30H,12-13,18-19H2,1-3H3;2-7,10-13,25H,8-9,14-15H2,1H3,(H2,24,26);4-12H,13H2,1-3H3;4-7H,8H2,1-3H3;1-4H,5,9H2;1-5,9H;1H;2H,1H2. The first-order valence-electron chi connectivity index (χ1n) is 39.2. The van der Waals surface area contributed by atoms with E-state index in [0.29, 0.717) is 54.6 Å². The Morgan fingerprint density at radius 1 is 0.385 bits per heavy atom. The summed E-state index contributed by atoms with van der Waals surface area (Å²) < 4.78 is 67.8. The molecule has 0 radical (unpaired) electrons. The van der Waals surface area contributed by atoms with Crippen LogP contribution in [0.2, 0.25) is 0 Å². The third-order valence-electron chi connectivity index (χ3n) is 18.3. The van der Waals surface area contributed by atoms with Crippen molar-refractivity contribution >= 4 is 46.7 Å². The van der Waals surface area contributed by atoms with E-state index in [1.54, 1.807) is 66.7 Å². The number of aryl methyl sites for hydroxylation is 10. The molecule has 0 fully saturated rings. The highest BCUT2D eigenvalue weighted by atomic mass is 79.9. The zero-order valence-corrected chi connectivity index (χ0v) is 72.7. The molecule has 0 spiro atoms. The summed E-state index contributed by atoms with van der Waals surface area (Å²) in [6, 6.07) is 77.5. The Kier molecular flexibility index (Phi) is 40.0. The molecular weight excluding hydrogens is 1630 g/mol. The van der Waals surface area contributed by atoms with Crippen LogP contribution < -0.4 is 46.9 Å².